The molecule has 18 aromatic carbocycles. The predicted molar refractivity (Wildman–Crippen MR) is 533 cm³/mol. The predicted octanol–water partition coefficient (Wildman–Crippen LogP) is 33.0. The maximum absolute atomic E-state index is 2.57. The zero-order chi connectivity index (χ0) is 85.5. The van der Waals surface area contributed by atoms with Crippen LogP contribution in [0.4, 0.5) is 51.2 Å². The van der Waals surface area contributed by atoms with E-state index in [1.807, 2.05) is 0 Å². The summed E-state index contributed by atoms with van der Waals surface area (Å²) in [5.74, 6) is -0.0873. The summed E-state index contributed by atoms with van der Waals surface area (Å²) in [6.07, 6.45) is 4.63. The molecule has 0 fully saturated rings. The minimum Gasteiger partial charge on any atom is -0.311 e. The lowest BCUT2D eigenvalue weighted by molar-refractivity contribution is 0.586. The lowest BCUT2D eigenvalue weighted by Gasteiger charge is -2.34. The van der Waals surface area contributed by atoms with E-state index in [0.717, 1.165) is 84.6 Å². The second-order valence-corrected chi connectivity index (χ2v) is 35.7. The Hall–Kier alpha value is -15.2. The first-order valence-corrected chi connectivity index (χ1v) is 44.1. The summed E-state index contributed by atoms with van der Waals surface area (Å²) >= 11 is 0. The Morgan fingerprint density at radius 2 is 0.492 bits per heavy atom. The molecule has 0 aromatic heterocycles. The zero-order valence-electron chi connectivity index (χ0n) is 72.4. The average Bonchev–Trinajstić information content (AvgIpc) is 1.50. The summed E-state index contributed by atoms with van der Waals surface area (Å²) < 4.78 is 0. The van der Waals surface area contributed by atoms with Gasteiger partial charge < -0.3 is 14.7 Å². The normalized spacial score (nSPS) is 12.4. The van der Waals surface area contributed by atoms with Gasteiger partial charge in [-0.3, -0.25) is 0 Å². The fraction of sp³-hybridized carbons (Fsp3) is 0.0894. The van der Waals surface area contributed by atoms with Crippen molar-refractivity contribution in [2.75, 3.05) is 14.7 Å². The monoisotopic (exact) mass is 1620 g/mol. The molecule has 0 heterocycles. The SMILES string of the molecule is Cc1ccc(N(c2ccc(C=C(c3ccccc3)c3ccccc3)cc2)c2ccc(-c3ccc(C(c4ccc(C=C(c5ccccc5)c5ccccc5)cc4)c4ccc(-c5cccc(N(c6ccccc6)c6ccc7c(c6)C6(c8cc(N(c9ccccc9)c9ccccc9)ccc8-7)c7cc(C(C)(C)C)ccc7-c7ccc(C(C)(C)C)cc76)c5)cc4)cc3)cc2)cc1. The van der Waals surface area contributed by atoms with Crippen molar-refractivity contribution in [1.29, 1.82) is 0 Å². The van der Waals surface area contributed by atoms with Gasteiger partial charge in [-0.05, 0) is 278 Å². The summed E-state index contributed by atoms with van der Waals surface area (Å²) in [6.45, 7) is 16.3. The quantitative estimate of drug-likeness (QED) is 0.0556. The van der Waals surface area contributed by atoms with Crippen LogP contribution in [0, 0.1) is 6.92 Å². The van der Waals surface area contributed by atoms with Gasteiger partial charge in [0.15, 0.2) is 0 Å². The van der Waals surface area contributed by atoms with Crippen LogP contribution in [0.5, 0.6) is 0 Å². The lowest BCUT2D eigenvalue weighted by atomic mass is 9.68. The number of para-hydroxylation sites is 3. The van der Waals surface area contributed by atoms with Gasteiger partial charge in [0.2, 0.25) is 0 Å². The molecule has 2 aliphatic rings. The molecular weight excluding hydrogens is 1520 g/mol. The summed E-state index contributed by atoms with van der Waals surface area (Å²) in [4.78, 5) is 7.25. The summed E-state index contributed by atoms with van der Waals surface area (Å²) in [5, 5.41) is 0. The van der Waals surface area contributed by atoms with Gasteiger partial charge in [0, 0.05) is 57.1 Å². The molecule has 1 atom stereocenters. The third-order valence-electron chi connectivity index (χ3n) is 25.6. The molecule has 3 heteroatoms. The van der Waals surface area contributed by atoms with Gasteiger partial charge in [0.25, 0.3) is 0 Å². The number of rotatable bonds is 20. The molecular formula is C123H99N3. The molecule has 0 N–H and O–H groups in total. The molecule has 0 amide bonds. The van der Waals surface area contributed by atoms with Crippen LogP contribution in [0.3, 0.4) is 0 Å². The fourth-order valence-electron chi connectivity index (χ4n) is 19.1. The summed E-state index contributed by atoms with van der Waals surface area (Å²) in [7, 11) is 0. The van der Waals surface area contributed by atoms with E-state index < -0.39 is 5.41 Å². The number of aryl methyl sites for hydroxylation is 1. The van der Waals surface area contributed by atoms with E-state index in [0.29, 0.717) is 0 Å². The Morgan fingerprint density at radius 1 is 0.230 bits per heavy atom. The van der Waals surface area contributed by atoms with E-state index in [1.54, 1.807) is 0 Å². The molecule has 3 nitrogen and oxygen atoms in total. The number of hydrogen-bond acceptors (Lipinski definition) is 3. The van der Waals surface area contributed by atoms with Gasteiger partial charge in [-0.15, -0.1) is 0 Å². The van der Waals surface area contributed by atoms with Crippen LogP contribution in [0.1, 0.15) is 136 Å². The smallest absolute Gasteiger partial charge is 0.0727 e. The third-order valence-corrected chi connectivity index (χ3v) is 25.6. The molecule has 2 aliphatic carbocycles. The minimum absolute atomic E-state index is 0.0873. The molecule has 0 saturated heterocycles. The van der Waals surface area contributed by atoms with Crippen LogP contribution in [0.25, 0.3) is 67.8 Å². The van der Waals surface area contributed by atoms with Crippen molar-refractivity contribution in [1.82, 2.24) is 0 Å². The molecule has 18 aromatic rings. The van der Waals surface area contributed by atoms with Gasteiger partial charge in [-0.2, -0.15) is 0 Å². The van der Waals surface area contributed by atoms with Crippen molar-refractivity contribution < 1.29 is 0 Å². The Balaban J connectivity index is 0.664. The largest absolute Gasteiger partial charge is 0.311 e. The molecule has 126 heavy (non-hydrogen) atoms. The van der Waals surface area contributed by atoms with Crippen molar-refractivity contribution >= 4 is 74.5 Å². The molecule has 606 valence electrons. The van der Waals surface area contributed by atoms with E-state index in [4.69, 9.17) is 0 Å². The summed E-state index contributed by atoms with van der Waals surface area (Å²) in [5.41, 5.74) is 40.5. The minimum atomic E-state index is -0.702. The van der Waals surface area contributed by atoms with Gasteiger partial charge >= 0.3 is 0 Å². The van der Waals surface area contributed by atoms with Crippen LogP contribution < -0.4 is 14.7 Å². The second-order valence-electron chi connectivity index (χ2n) is 35.7. The Kier molecular flexibility index (Phi) is 21.1. The highest BCUT2D eigenvalue weighted by Gasteiger charge is 2.53. The van der Waals surface area contributed by atoms with E-state index in [-0.39, 0.29) is 16.7 Å². The van der Waals surface area contributed by atoms with Crippen molar-refractivity contribution in [3.8, 4) is 44.5 Å². The molecule has 0 bridgehead atoms. The lowest BCUT2D eigenvalue weighted by Crippen LogP contribution is -2.28. The van der Waals surface area contributed by atoms with Crippen molar-refractivity contribution in [3.63, 3.8) is 0 Å². The average molecular weight is 1620 g/mol. The number of anilines is 9. The first-order chi connectivity index (χ1) is 61.6. The first kappa shape index (κ1) is 79.3. The van der Waals surface area contributed by atoms with Crippen LogP contribution in [-0.2, 0) is 16.2 Å². The van der Waals surface area contributed by atoms with Crippen molar-refractivity contribution in [2.24, 2.45) is 0 Å². The van der Waals surface area contributed by atoms with Crippen LogP contribution in [0.2, 0.25) is 0 Å². The highest BCUT2D eigenvalue weighted by Crippen LogP contribution is 2.65. The first-order valence-electron chi connectivity index (χ1n) is 44.1. The highest BCUT2D eigenvalue weighted by molar-refractivity contribution is 5.99. The van der Waals surface area contributed by atoms with E-state index >= 15 is 0 Å². The number of nitrogens with zero attached hydrogens (tertiary/aromatic N) is 3. The number of fused-ring (bicyclic) bond motifs is 10. The van der Waals surface area contributed by atoms with Gasteiger partial charge in [-0.25, -0.2) is 0 Å². The summed E-state index contributed by atoms with van der Waals surface area (Å²) in [6, 6.07) is 169. The Labute approximate surface area is 743 Å². The molecule has 1 spiro atoms. The van der Waals surface area contributed by atoms with E-state index in [1.165, 1.54) is 111 Å². The molecule has 0 aliphatic heterocycles. The molecule has 1 unspecified atom stereocenters. The topological polar surface area (TPSA) is 9.72 Å². The van der Waals surface area contributed by atoms with Crippen molar-refractivity contribution in [3.05, 3.63) is 544 Å². The van der Waals surface area contributed by atoms with Crippen LogP contribution in [0.15, 0.2) is 455 Å². The second kappa shape index (κ2) is 33.6. The van der Waals surface area contributed by atoms with Gasteiger partial charge in [-0.1, -0.05) is 393 Å². The van der Waals surface area contributed by atoms with Crippen LogP contribution >= 0.6 is 0 Å². The van der Waals surface area contributed by atoms with Gasteiger partial charge in [0.05, 0.1) is 5.41 Å². The van der Waals surface area contributed by atoms with E-state index in [9.17, 15) is 0 Å². The molecule has 20 rings (SSSR count). The number of benzene rings is 18. The third kappa shape index (κ3) is 15.4. The zero-order valence-corrected chi connectivity index (χ0v) is 72.4. The Bertz CT molecular complexity index is 6810. The highest BCUT2D eigenvalue weighted by atomic mass is 15.2. The van der Waals surface area contributed by atoms with Crippen LogP contribution in [-0.4, -0.2) is 0 Å². The molecule has 0 saturated carbocycles. The standard InChI is InChI=1S/C123H99N3/c1-85-46-66-104(67-47-85)124(105-68-50-87(51-69-105)79-115(93-34-19-10-20-35-93)94-36-21-11-22-37-94)106-70-62-89(63-71-106)88-54-58-96(59-55-88)120(95-52-48-86(49-53-95)78-114(91-30-15-8-16-31-91)92-32-17-9-18-33-92)97-60-56-90(57-61-97)98-38-29-45-107(80-98)126(103-43-27-14-28-44-103)109-73-77-113-112-76-72-108(125(101-39-23-12-24-40-101)102-41-25-13-26-42-102)83-118(112)123(119(113)84-109)116-81-99(121(2,3)4)64-74-110(116)111-75-65-100(82-117(111)123)122(5,6)7/h8-84,120H,1-7H3. The van der Waals surface area contributed by atoms with Gasteiger partial charge in [0.1, 0.15) is 0 Å². The van der Waals surface area contributed by atoms with Crippen molar-refractivity contribution in [2.45, 2.75) is 70.6 Å². The molecule has 0 radical (unpaired) electrons. The van der Waals surface area contributed by atoms with E-state index in [2.05, 4.69) is 530 Å². The fourth-order valence-corrected chi connectivity index (χ4v) is 19.1. The Morgan fingerprint density at radius 3 is 0.865 bits per heavy atom. The maximum Gasteiger partial charge on any atom is 0.0727 e. The number of hydrogen-bond donors (Lipinski definition) is 0. The maximum atomic E-state index is 2.57.